The summed E-state index contributed by atoms with van der Waals surface area (Å²) in [5.41, 5.74) is 2.66. The SMILES string of the molecule is CCC(=O)N1[C@H](CO)[C@@H](c2ccc(-c3cccc(F)c3)cc2)[C@H]1CNC(C)=O. The molecule has 3 atom stereocenters. The van der Waals surface area contributed by atoms with Crippen LogP contribution in [0.2, 0.25) is 0 Å². The summed E-state index contributed by atoms with van der Waals surface area (Å²) in [6, 6.07) is 13.6. The number of halogens is 1. The Hall–Kier alpha value is -2.73. The minimum atomic E-state index is -0.314. The van der Waals surface area contributed by atoms with E-state index in [0.717, 1.165) is 16.7 Å². The van der Waals surface area contributed by atoms with Gasteiger partial charge in [-0.05, 0) is 28.8 Å². The highest BCUT2D eigenvalue weighted by Crippen LogP contribution is 2.41. The number of benzene rings is 2. The molecule has 5 nitrogen and oxygen atoms in total. The summed E-state index contributed by atoms with van der Waals surface area (Å²) >= 11 is 0. The van der Waals surface area contributed by atoms with E-state index in [1.54, 1.807) is 17.9 Å². The highest BCUT2D eigenvalue weighted by molar-refractivity contribution is 5.79. The molecule has 2 aromatic carbocycles. The molecule has 0 saturated carbocycles. The molecule has 0 aliphatic carbocycles. The van der Waals surface area contributed by atoms with E-state index in [4.69, 9.17) is 0 Å². The summed E-state index contributed by atoms with van der Waals surface area (Å²) in [5.74, 6) is -0.558. The molecule has 0 unspecified atom stereocenters. The number of aliphatic hydroxyl groups excluding tert-OH is 1. The molecule has 2 N–H and O–H groups in total. The normalized spacial score (nSPS) is 21.1. The quantitative estimate of drug-likeness (QED) is 0.805. The van der Waals surface area contributed by atoms with E-state index in [9.17, 15) is 19.1 Å². The molecule has 2 amide bonds. The van der Waals surface area contributed by atoms with Crippen LogP contribution in [-0.4, -0.2) is 47.1 Å². The molecule has 1 aliphatic rings. The van der Waals surface area contributed by atoms with E-state index in [0.29, 0.717) is 13.0 Å². The van der Waals surface area contributed by atoms with Crippen LogP contribution in [0.25, 0.3) is 11.1 Å². The molecule has 0 spiro atoms. The van der Waals surface area contributed by atoms with Crippen LogP contribution in [0, 0.1) is 5.82 Å². The van der Waals surface area contributed by atoms with Gasteiger partial charge in [0.25, 0.3) is 0 Å². The molecule has 0 radical (unpaired) electrons. The lowest BCUT2D eigenvalue weighted by Gasteiger charge is -2.55. The predicted octanol–water partition coefficient (Wildman–Crippen LogP) is 2.69. The van der Waals surface area contributed by atoms with Crippen molar-refractivity contribution in [1.29, 1.82) is 0 Å². The third-order valence-electron chi connectivity index (χ3n) is 5.33. The van der Waals surface area contributed by atoms with Crippen LogP contribution in [-0.2, 0) is 9.59 Å². The van der Waals surface area contributed by atoms with Crippen molar-refractivity contribution in [1.82, 2.24) is 10.2 Å². The van der Waals surface area contributed by atoms with Gasteiger partial charge in [-0.2, -0.15) is 0 Å². The number of amides is 2. The topological polar surface area (TPSA) is 69.6 Å². The van der Waals surface area contributed by atoms with Gasteiger partial charge in [-0.3, -0.25) is 9.59 Å². The Bertz CT molecular complexity index is 853. The molecule has 28 heavy (non-hydrogen) atoms. The summed E-state index contributed by atoms with van der Waals surface area (Å²) in [5, 5.41) is 12.7. The van der Waals surface area contributed by atoms with E-state index in [-0.39, 0.29) is 42.2 Å². The Labute approximate surface area is 164 Å². The smallest absolute Gasteiger partial charge is 0.222 e. The lowest BCUT2D eigenvalue weighted by atomic mass is 9.74. The minimum absolute atomic E-state index is 0.0398. The molecule has 6 heteroatoms. The van der Waals surface area contributed by atoms with Gasteiger partial charge in [0.05, 0.1) is 18.7 Å². The Morgan fingerprint density at radius 3 is 2.39 bits per heavy atom. The fourth-order valence-corrected chi connectivity index (χ4v) is 3.98. The first kappa shape index (κ1) is 20.0. The Kier molecular flexibility index (Phi) is 6.09. The Morgan fingerprint density at radius 1 is 1.11 bits per heavy atom. The maximum Gasteiger partial charge on any atom is 0.222 e. The van der Waals surface area contributed by atoms with Gasteiger partial charge in [-0.25, -0.2) is 4.39 Å². The van der Waals surface area contributed by atoms with E-state index in [1.165, 1.54) is 19.1 Å². The zero-order valence-corrected chi connectivity index (χ0v) is 16.1. The second-order valence-electron chi connectivity index (χ2n) is 7.07. The first-order valence-electron chi connectivity index (χ1n) is 9.48. The summed E-state index contributed by atoms with van der Waals surface area (Å²) in [6.45, 7) is 3.43. The molecule has 1 aliphatic heterocycles. The molecule has 2 aromatic rings. The first-order valence-corrected chi connectivity index (χ1v) is 9.48. The second-order valence-corrected chi connectivity index (χ2v) is 7.07. The highest BCUT2D eigenvalue weighted by Gasteiger charge is 2.50. The van der Waals surface area contributed by atoms with Gasteiger partial charge in [-0.1, -0.05) is 43.3 Å². The molecule has 1 saturated heterocycles. The van der Waals surface area contributed by atoms with Crippen LogP contribution in [0.15, 0.2) is 48.5 Å². The number of carbonyl (C=O) groups is 2. The fourth-order valence-electron chi connectivity index (χ4n) is 3.98. The maximum atomic E-state index is 13.5. The van der Waals surface area contributed by atoms with Crippen LogP contribution >= 0.6 is 0 Å². The zero-order valence-electron chi connectivity index (χ0n) is 16.1. The van der Waals surface area contributed by atoms with E-state index in [2.05, 4.69) is 5.32 Å². The van der Waals surface area contributed by atoms with Crippen molar-refractivity contribution >= 4 is 11.8 Å². The number of carbonyl (C=O) groups excluding carboxylic acids is 2. The number of hydrogen-bond acceptors (Lipinski definition) is 3. The molecule has 1 heterocycles. The maximum absolute atomic E-state index is 13.5. The molecule has 148 valence electrons. The molecule has 1 fully saturated rings. The van der Waals surface area contributed by atoms with Gasteiger partial charge in [-0.15, -0.1) is 0 Å². The van der Waals surface area contributed by atoms with Crippen molar-refractivity contribution in [3.63, 3.8) is 0 Å². The zero-order chi connectivity index (χ0) is 20.3. The van der Waals surface area contributed by atoms with E-state index >= 15 is 0 Å². The lowest BCUT2D eigenvalue weighted by Crippen LogP contribution is -2.68. The van der Waals surface area contributed by atoms with E-state index in [1.807, 2.05) is 30.3 Å². The van der Waals surface area contributed by atoms with Crippen LogP contribution in [0.3, 0.4) is 0 Å². The first-order chi connectivity index (χ1) is 13.5. The minimum Gasteiger partial charge on any atom is -0.394 e. The predicted molar refractivity (Wildman–Crippen MR) is 105 cm³/mol. The number of likely N-dealkylation sites (tertiary alicyclic amines) is 1. The molecule has 0 aromatic heterocycles. The van der Waals surface area contributed by atoms with Crippen molar-refractivity contribution in [2.24, 2.45) is 0 Å². The van der Waals surface area contributed by atoms with Crippen LogP contribution < -0.4 is 5.32 Å². The third kappa shape index (κ3) is 3.92. The van der Waals surface area contributed by atoms with E-state index < -0.39 is 0 Å². The van der Waals surface area contributed by atoms with Gasteiger partial charge in [0, 0.05) is 25.8 Å². The van der Waals surface area contributed by atoms with Crippen molar-refractivity contribution in [3.05, 3.63) is 59.9 Å². The third-order valence-corrected chi connectivity index (χ3v) is 5.33. The highest BCUT2D eigenvalue weighted by atomic mass is 19.1. The van der Waals surface area contributed by atoms with Gasteiger partial charge in [0.15, 0.2) is 0 Å². The van der Waals surface area contributed by atoms with Gasteiger partial charge in [0.1, 0.15) is 5.82 Å². The summed E-state index contributed by atoms with van der Waals surface area (Å²) in [4.78, 5) is 25.4. The van der Waals surface area contributed by atoms with Gasteiger partial charge >= 0.3 is 0 Å². The van der Waals surface area contributed by atoms with Crippen molar-refractivity contribution in [2.75, 3.05) is 13.2 Å². The van der Waals surface area contributed by atoms with Crippen LogP contribution in [0.5, 0.6) is 0 Å². The van der Waals surface area contributed by atoms with Crippen molar-refractivity contribution < 1.29 is 19.1 Å². The average Bonchev–Trinajstić information content (AvgIpc) is 2.67. The summed E-state index contributed by atoms with van der Waals surface area (Å²) in [6.07, 6.45) is 0.346. The largest absolute Gasteiger partial charge is 0.394 e. The Morgan fingerprint density at radius 2 is 1.82 bits per heavy atom. The van der Waals surface area contributed by atoms with Crippen molar-refractivity contribution in [2.45, 2.75) is 38.3 Å². The number of nitrogens with one attached hydrogen (secondary N) is 1. The molecular formula is C22H25FN2O3. The second kappa shape index (κ2) is 8.52. The van der Waals surface area contributed by atoms with Crippen LogP contribution in [0.1, 0.15) is 31.7 Å². The monoisotopic (exact) mass is 384 g/mol. The molecular weight excluding hydrogens is 359 g/mol. The number of hydrogen-bond donors (Lipinski definition) is 2. The van der Waals surface area contributed by atoms with Gasteiger partial charge in [0.2, 0.25) is 11.8 Å². The van der Waals surface area contributed by atoms with Gasteiger partial charge < -0.3 is 15.3 Å². The summed E-state index contributed by atoms with van der Waals surface area (Å²) < 4.78 is 13.5. The molecule has 3 rings (SSSR count). The van der Waals surface area contributed by atoms with Crippen molar-refractivity contribution in [3.8, 4) is 11.1 Å². The number of aliphatic hydroxyl groups is 1. The number of rotatable bonds is 6. The lowest BCUT2D eigenvalue weighted by molar-refractivity contribution is -0.150. The summed E-state index contributed by atoms with van der Waals surface area (Å²) in [7, 11) is 0. The van der Waals surface area contributed by atoms with Crippen LogP contribution in [0.4, 0.5) is 4.39 Å². The Balaban J connectivity index is 1.86. The number of nitrogens with zero attached hydrogens (tertiary/aromatic N) is 1. The average molecular weight is 384 g/mol. The fraction of sp³-hybridized carbons (Fsp3) is 0.364. The standard InChI is InChI=1S/C22H25FN2O3/c1-3-21(28)25-19(12-24-14(2)27)22(20(25)13-26)16-9-7-15(8-10-16)17-5-4-6-18(23)11-17/h4-11,19-20,22,26H,3,12-13H2,1-2H3,(H,24,27)/t19-,20-,22+/m1/s1. The molecule has 0 bridgehead atoms.